The normalized spacial score (nSPS) is 16.6. The van der Waals surface area contributed by atoms with Gasteiger partial charge in [0.25, 0.3) is 5.91 Å². The van der Waals surface area contributed by atoms with Crippen LogP contribution in [-0.2, 0) is 17.0 Å². The molecule has 7 nitrogen and oxygen atoms in total. The number of methoxy groups -OCH3 is 1. The lowest BCUT2D eigenvalue weighted by Crippen LogP contribution is -2.46. The first-order valence-electron chi connectivity index (χ1n) is 7.13. The predicted molar refractivity (Wildman–Crippen MR) is 85.2 cm³/mol. The van der Waals surface area contributed by atoms with Crippen molar-refractivity contribution in [3.8, 4) is 0 Å². The molecule has 2 heterocycles. The van der Waals surface area contributed by atoms with Gasteiger partial charge in [0.05, 0.1) is 19.7 Å². The number of nitrogens with zero attached hydrogens (tertiary/aromatic N) is 3. The van der Waals surface area contributed by atoms with Crippen LogP contribution in [-0.4, -0.2) is 45.8 Å². The van der Waals surface area contributed by atoms with Crippen molar-refractivity contribution in [3.05, 3.63) is 47.3 Å². The third-order valence-electron chi connectivity index (χ3n) is 3.49. The number of amides is 1. The Morgan fingerprint density at radius 3 is 2.96 bits per heavy atom. The van der Waals surface area contributed by atoms with Gasteiger partial charge in [-0.1, -0.05) is 35.5 Å². The van der Waals surface area contributed by atoms with Crippen LogP contribution in [0, 0.1) is 0 Å². The molecule has 2 aromatic rings. The highest BCUT2D eigenvalue weighted by Crippen LogP contribution is 2.17. The number of rotatable bonds is 5. The minimum absolute atomic E-state index is 0.0413. The Labute approximate surface area is 137 Å². The molecule has 0 radical (unpaired) electrons. The molecule has 1 aromatic heterocycles. The molecule has 1 aliphatic rings. The zero-order valence-corrected chi connectivity index (χ0v) is 13.4. The van der Waals surface area contributed by atoms with Crippen LogP contribution in [0.25, 0.3) is 0 Å². The van der Waals surface area contributed by atoms with Crippen molar-refractivity contribution in [2.75, 3.05) is 12.9 Å². The van der Waals surface area contributed by atoms with E-state index in [1.807, 2.05) is 18.2 Å². The number of fused-ring (bicyclic) bond motifs is 1. The van der Waals surface area contributed by atoms with Crippen LogP contribution in [0.15, 0.2) is 30.3 Å². The maximum Gasteiger partial charge on any atom is 0.361 e. The first-order valence-corrected chi connectivity index (χ1v) is 8.29. The number of nitrogens with one attached hydrogen (secondary N) is 1. The van der Waals surface area contributed by atoms with Gasteiger partial charge in [-0.25, -0.2) is 9.48 Å². The summed E-state index contributed by atoms with van der Waals surface area (Å²) >= 11 is 1.74. The van der Waals surface area contributed by atoms with Gasteiger partial charge in [-0.3, -0.25) is 4.79 Å². The molecule has 0 saturated carbocycles. The van der Waals surface area contributed by atoms with E-state index in [1.165, 1.54) is 17.4 Å². The molecule has 1 N–H and O–H groups in total. The highest BCUT2D eigenvalue weighted by atomic mass is 32.2. The van der Waals surface area contributed by atoms with Crippen LogP contribution >= 0.6 is 11.8 Å². The van der Waals surface area contributed by atoms with Crippen LogP contribution in [0.2, 0.25) is 0 Å². The molecule has 0 unspecified atom stereocenters. The van der Waals surface area contributed by atoms with Crippen molar-refractivity contribution < 1.29 is 14.3 Å². The molecular weight excluding hydrogens is 316 g/mol. The molecule has 0 spiro atoms. The molecule has 1 aliphatic heterocycles. The molecule has 120 valence electrons. The fourth-order valence-electron chi connectivity index (χ4n) is 2.40. The summed E-state index contributed by atoms with van der Waals surface area (Å²) in [5.74, 6) is 0.642. The molecule has 1 amide bonds. The van der Waals surface area contributed by atoms with E-state index in [0.717, 1.165) is 11.5 Å². The Kier molecular flexibility index (Phi) is 4.61. The number of carbonyl (C=O) groups is 2. The van der Waals surface area contributed by atoms with Gasteiger partial charge in [0, 0.05) is 11.5 Å². The van der Waals surface area contributed by atoms with E-state index in [2.05, 4.69) is 32.5 Å². The molecule has 0 saturated heterocycles. The Bertz CT molecular complexity index is 717. The van der Waals surface area contributed by atoms with E-state index in [-0.39, 0.29) is 23.3 Å². The lowest BCUT2D eigenvalue weighted by atomic mass is 10.2. The van der Waals surface area contributed by atoms with Crippen LogP contribution in [0.1, 0.15) is 26.5 Å². The van der Waals surface area contributed by atoms with E-state index in [4.69, 9.17) is 0 Å². The summed E-state index contributed by atoms with van der Waals surface area (Å²) in [6, 6.07) is 10.1. The van der Waals surface area contributed by atoms with Crippen molar-refractivity contribution in [1.82, 2.24) is 20.3 Å². The lowest BCUT2D eigenvalue weighted by molar-refractivity contribution is 0.0588. The third kappa shape index (κ3) is 3.37. The number of esters is 1. The summed E-state index contributed by atoms with van der Waals surface area (Å²) in [5, 5.41) is 10.5. The van der Waals surface area contributed by atoms with Gasteiger partial charge in [-0.2, -0.15) is 11.8 Å². The quantitative estimate of drug-likeness (QED) is 0.826. The van der Waals surface area contributed by atoms with Crippen LogP contribution < -0.4 is 5.32 Å². The summed E-state index contributed by atoms with van der Waals surface area (Å²) in [7, 11) is 1.25. The highest BCUT2D eigenvalue weighted by Gasteiger charge is 2.32. The summed E-state index contributed by atoms with van der Waals surface area (Å²) in [4.78, 5) is 23.8. The summed E-state index contributed by atoms with van der Waals surface area (Å²) < 4.78 is 6.08. The van der Waals surface area contributed by atoms with E-state index in [9.17, 15) is 9.59 Å². The van der Waals surface area contributed by atoms with E-state index < -0.39 is 5.97 Å². The largest absolute Gasteiger partial charge is 0.464 e. The Balaban J connectivity index is 1.62. The summed E-state index contributed by atoms with van der Waals surface area (Å²) in [6.07, 6.45) is 0. The van der Waals surface area contributed by atoms with Crippen LogP contribution in [0.4, 0.5) is 0 Å². The van der Waals surface area contributed by atoms with Gasteiger partial charge in [0.2, 0.25) is 5.69 Å². The Hall–Kier alpha value is -2.35. The van der Waals surface area contributed by atoms with Crippen molar-refractivity contribution in [3.63, 3.8) is 0 Å². The zero-order valence-electron chi connectivity index (χ0n) is 12.6. The first kappa shape index (κ1) is 15.5. The molecule has 0 fully saturated rings. The van der Waals surface area contributed by atoms with Gasteiger partial charge in [-0.15, -0.1) is 5.10 Å². The maximum atomic E-state index is 12.2. The van der Waals surface area contributed by atoms with Gasteiger partial charge >= 0.3 is 5.97 Å². The van der Waals surface area contributed by atoms with Crippen molar-refractivity contribution in [2.24, 2.45) is 0 Å². The number of hydrogen-bond donors (Lipinski definition) is 1. The molecular formula is C15H16N4O3S. The average Bonchev–Trinajstić information content (AvgIpc) is 3.00. The molecule has 3 rings (SSSR count). The molecule has 1 aromatic carbocycles. The van der Waals surface area contributed by atoms with E-state index in [1.54, 1.807) is 11.8 Å². The van der Waals surface area contributed by atoms with Gasteiger partial charge in [0.1, 0.15) is 0 Å². The minimum atomic E-state index is -0.654. The molecule has 23 heavy (non-hydrogen) atoms. The van der Waals surface area contributed by atoms with Crippen LogP contribution in [0.5, 0.6) is 0 Å². The molecule has 8 heteroatoms. The topological polar surface area (TPSA) is 86.1 Å². The van der Waals surface area contributed by atoms with Crippen molar-refractivity contribution in [2.45, 2.75) is 18.3 Å². The van der Waals surface area contributed by atoms with E-state index in [0.29, 0.717) is 6.54 Å². The monoisotopic (exact) mass is 332 g/mol. The smallest absolute Gasteiger partial charge is 0.361 e. The highest BCUT2D eigenvalue weighted by molar-refractivity contribution is 7.98. The number of carbonyl (C=O) groups excluding carboxylic acids is 2. The van der Waals surface area contributed by atoms with Crippen LogP contribution in [0.3, 0.4) is 0 Å². The predicted octanol–water partition coefficient (Wildman–Crippen LogP) is 1.11. The minimum Gasteiger partial charge on any atom is -0.464 e. The Morgan fingerprint density at radius 2 is 2.22 bits per heavy atom. The summed E-state index contributed by atoms with van der Waals surface area (Å²) in [6.45, 7) is 0.493. The van der Waals surface area contributed by atoms with Gasteiger partial charge in [-0.05, 0) is 5.56 Å². The number of hydrogen-bond acceptors (Lipinski definition) is 6. The average molecular weight is 332 g/mol. The second-order valence-electron chi connectivity index (χ2n) is 5.13. The van der Waals surface area contributed by atoms with Gasteiger partial charge < -0.3 is 10.1 Å². The third-order valence-corrected chi connectivity index (χ3v) is 4.66. The standard InChI is InChI=1S/C15H16N4O3S/c1-22-15(21)12-13-14(20)16-11(7-19(13)18-17-12)9-23-8-10-5-3-2-4-6-10/h2-6,11H,7-9H2,1H3,(H,16,20)/t11-/m0/s1. The molecule has 0 aliphatic carbocycles. The van der Waals surface area contributed by atoms with E-state index >= 15 is 0 Å². The van der Waals surface area contributed by atoms with Gasteiger partial charge in [0.15, 0.2) is 5.69 Å². The number of benzene rings is 1. The zero-order chi connectivity index (χ0) is 16.2. The van der Waals surface area contributed by atoms with Crippen molar-refractivity contribution >= 4 is 23.6 Å². The SMILES string of the molecule is COC(=O)c1nnn2c1C(=O)N[C@H](CSCc1ccccc1)C2. The number of aromatic nitrogens is 3. The fourth-order valence-corrected chi connectivity index (χ4v) is 3.41. The second-order valence-corrected chi connectivity index (χ2v) is 6.16. The Morgan fingerprint density at radius 1 is 1.43 bits per heavy atom. The maximum absolute atomic E-state index is 12.2. The molecule has 0 bridgehead atoms. The fraction of sp³-hybridized carbons (Fsp3) is 0.333. The first-order chi connectivity index (χ1) is 11.2. The summed E-state index contributed by atoms with van der Waals surface area (Å²) in [5.41, 5.74) is 1.37. The van der Waals surface area contributed by atoms with Crippen molar-refractivity contribution in [1.29, 1.82) is 0 Å². The molecule has 1 atom stereocenters. The lowest BCUT2D eigenvalue weighted by Gasteiger charge is -2.23. The number of thioether (sulfide) groups is 1. The second kappa shape index (κ2) is 6.82. The number of ether oxygens (including phenoxy) is 1.